The standard InChI is InChI=1S/C21H28N4/c1-15-4-5-19(16(2)12-15)13-24-10-7-18-8-11-25(14-20(18)24)21-6-9-22-17(3)23-21/h4-6,9,12,18,20H,7-8,10-11,13-14H2,1-3H3. The molecule has 0 saturated carbocycles. The Labute approximate surface area is 150 Å². The molecule has 2 saturated heterocycles. The average Bonchev–Trinajstić information content (AvgIpc) is 2.99. The van der Waals surface area contributed by atoms with Gasteiger partial charge in [-0.2, -0.15) is 0 Å². The van der Waals surface area contributed by atoms with E-state index in [-0.39, 0.29) is 0 Å². The third kappa shape index (κ3) is 3.40. The third-order valence-corrected chi connectivity index (χ3v) is 5.93. The molecule has 0 spiro atoms. The lowest BCUT2D eigenvalue weighted by Gasteiger charge is -2.39. The zero-order chi connectivity index (χ0) is 17.4. The van der Waals surface area contributed by atoms with Gasteiger partial charge in [-0.3, -0.25) is 4.90 Å². The zero-order valence-corrected chi connectivity index (χ0v) is 15.6. The van der Waals surface area contributed by atoms with E-state index in [0.29, 0.717) is 6.04 Å². The molecule has 132 valence electrons. The van der Waals surface area contributed by atoms with E-state index in [1.165, 1.54) is 36.1 Å². The van der Waals surface area contributed by atoms with Crippen LogP contribution in [0.15, 0.2) is 30.5 Å². The fourth-order valence-corrected chi connectivity index (χ4v) is 4.49. The molecule has 2 aliphatic rings. The summed E-state index contributed by atoms with van der Waals surface area (Å²) in [5, 5.41) is 0. The quantitative estimate of drug-likeness (QED) is 0.859. The molecular weight excluding hydrogens is 308 g/mol. The Morgan fingerprint density at radius 1 is 1.08 bits per heavy atom. The van der Waals surface area contributed by atoms with Crippen LogP contribution < -0.4 is 4.90 Å². The van der Waals surface area contributed by atoms with E-state index in [1.54, 1.807) is 0 Å². The maximum Gasteiger partial charge on any atom is 0.132 e. The van der Waals surface area contributed by atoms with Gasteiger partial charge in [0.25, 0.3) is 0 Å². The molecule has 1 aromatic heterocycles. The van der Waals surface area contributed by atoms with Crippen LogP contribution >= 0.6 is 0 Å². The molecule has 4 heteroatoms. The van der Waals surface area contributed by atoms with E-state index in [2.05, 4.69) is 57.9 Å². The van der Waals surface area contributed by atoms with Crippen LogP contribution in [0.4, 0.5) is 5.82 Å². The molecule has 0 aliphatic carbocycles. The van der Waals surface area contributed by atoms with Crippen molar-refractivity contribution in [3.8, 4) is 0 Å². The third-order valence-electron chi connectivity index (χ3n) is 5.93. The summed E-state index contributed by atoms with van der Waals surface area (Å²) in [6, 6.07) is 9.56. The molecule has 2 atom stereocenters. The fraction of sp³-hybridized carbons (Fsp3) is 0.524. The second-order valence-corrected chi connectivity index (χ2v) is 7.71. The van der Waals surface area contributed by atoms with E-state index in [4.69, 9.17) is 0 Å². The number of nitrogens with zero attached hydrogens (tertiary/aromatic N) is 4. The Morgan fingerprint density at radius 2 is 1.92 bits per heavy atom. The summed E-state index contributed by atoms with van der Waals surface area (Å²) >= 11 is 0. The highest BCUT2D eigenvalue weighted by Crippen LogP contribution is 2.34. The highest BCUT2D eigenvalue weighted by atomic mass is 15.3. The van der Waals surface area contributed by atoms with E-state index < -0.39 is 0 Å². The Hall–Kier alpha value is -1.94. The van der Waals surface area contributed by atoms with Crippen LogP contribution in [0.25, 0.3) is 0 Å². The van der Waals surface area contributed by atoms with Crippen LogP contribution in [0.2, 0.25) is 0 Å². The zero-order valence-electron chi connectivity index (χ0n) is 15.6. The summed E-state index contributed by atoms with van der Waals surface area (Å²) in [5.74, 6) is 2.78. The van der Waals surface area contributed by atoms with Crippen molar-refractivity contribution >= 4 is 5.82 Å². The molecule has 0 bridgehead atoms. The Kier molecular flexibility index (Phi) is 4.46. The van der Waals surface area contributed by atoms with Gasteiger partial charge in [-0.05, 0) is 63.3 Å². The predicted molar refractivity (Wildman–Crippen MR) is 102 cm³/mol. The summed E-state index contributed by atoms with van der Waals surface area (Å²) in [7, 11) is 0. The van der Waals surface area contributed by atoms with Gasteiger partial charge in [0.05, 0.1) is 0 Å². The molecule has 2 aliphatic heterocycles. The smallest absolute Gasteiger partial charge is 0.132 e. The maximum atomic E-state index is 4.64. The van der Waals surface area contributed by atoms with Gasteiger partial charge in [0, 0.05) is 31.9 Å². The van der Waals surface area contributed by atoms with Crippen molar-refractivity contribution in [2.24, 2.45) is 5.92 Å². The van der Waals surface area contributed by atoms with Crippen molar-refractivity contribution in [3.63, 3.8) is 0 Å². The van der Waals surface area contributed by atoms with Gasteiger partial charge in [-0.25, -0.2) is 9.97 Å². The van der Waals surface area contributed by atoms with Crippen LogP contribution in [0, 0.1) is 26.7 Å². The van der Waals surface area contributed by atoms with E-state index in [9.17, 15) is 0 Å². The molecule has 1 aromatic carbocycles. The van der Waals surface area contributed by atoms with Gasteiger partial charge < -0.3 is 4.90 Å². The van der Waals surface area contributed by atoms with E-state index in [1.807, 2.05) is 13.1 Å². The lowest BCUT2D eigenvalue weighted by Crippen LogP contribution is -2.48. The van der Waals surface area contributed by atoms with Crippen LogP contribution in [-0.2, 0) is 6.54 Å². The summed E-state index contributed by atoms with van der Waals surface area (Å²) in [5.41, 5.74) is 4.24. The van der Waals surface area contributed by atoms with E-state index >= 15 is 0 Å². The lowest BCUT2D eigenvalue weighted by molar-refractivity contribution is 0.200. The second-order valence-electron chi connectivity index (χ2n) is 7.71. The van der Waals surface area contributed by atoms with Crippen molar-refractivity contribution in [3.05, 3.63) is 53.0 Å². The van der Waals surface area contributed by atoms with Crippen molar-refractivity contribution in [1.29, 1.82) is 0 Å². The van der Waals surface area contributed by atoms with Crippen LogP contribution in [0.5, 0.6) is 0 Å². The van der Waals surface area contributed by atoms with Crippen LogP contribution in [0.3, 0.4) is 0 Å². The van der Waals surface area contributed by atoms with Crippen molar-refractivity contribution in [1.82, 2.24) is 14.9 Å². The van der Waals surface area contributed by atoms with Gasteiger partial charge in [0.15, 0.2) is 0 Å². The lowest BCUT2D eigenvalue weighted by atomic mass is 9.92. The number of hydrogen-bond donors (Lipinski definition) is 0. The minimum absolute atomic E-state index is 0.643. The first-order chi connectivity index (χ1) is 12.1. The highest BCUT2D eigenvalue weighted by Gasteiger charge is 2.38. The molecule has 3 heterocycles. The number of aryl methyl sites for hydroxylation is 3. The minimum Gasteiger partial charge on any atom is -0.355 e. The number of piperidine rings is 1. The Morgan fingerprint density at radius 3 is 2.72 bits per heavy atom. The Balaban J connectivity index is 1.50. The van der Waals surface area contributed by atoms with Crippen LogP contribution in [0.1, 0.15) is 35.4 Å². The molecule has 0 radical (unpaired) electrons. The molecular formula is C21H28N4. The summed E-state index contributed by atoms with van der Waals surface area (Å²) < 4.78 is 0. The fourth-order valence-electron chi connectivity index (χ4n) is 4.49. The largest absolute Gasteiger partial charge is 0.355 e. The molecule has 25 heavy (non-hydrogen) atoms. The normalized spacial score (nSPS) is 23.7. The average molecular weight is 336 g/mol. The molecule has 0 amide bonds. The van der Waals surface area contributed by atoms with Gasteiger partial charge in [-0.1, -0.05) is 23.8 Å². The molecule has 4 rings (SSSR count). The van der Waals surface area contributed by atoms with Gasteiger partial charge in [0.1, 0.15) is 11.6 Å². The summed E-state index contributed by atoms with van der Waals surface area (Å²) in [4.78, 5) is 14.0. The molecule has 2 fully saturated rings. The molecule has 2 aromatic rings. The minimum atomic E-state index is 0.643. The Bertz CT molecular complexity index is 757. The topological polar surface area (TPSA) is 32.3 Å². The molecule has 0 N–H and O–H groups in total. The first-order valence-corrected chi connectivity index (χ1v) is 9.45. The number of fused-ring (bicyclic) bond motifs is 1. The monoisotopic (exact) mass is 336 g/mol. The number of rotatable bonds is 3. The van der Waals surface area contributed by atoms with Gasteiger partial charge in [-0.15, -0.1) is 0 Å². The SMILES string of the molecule is Cc1ccc(CN2CCC3CCN(c4ccnc(C)n4)CC32)c(C)c1. The summed E-state index contributed by atoms with van der Waals surface area (Å²) in [6.45, 7) is 10.9. The number of aromatic nitrogens is 2. The number of hydrogen-bond acceptors (Lipinski definition) is 4. The first-order valence-electron chi connectivity index (χ1n) is 9.45. The van der Waals surface area contributed by atoms with Crippen molar-refractivity contribution in [2.45, 2.75) is 46.2 Å². The van der Waals surface area contributed by atoms with E-state index in [0.717, 1.165) is 37.2 Å². The maximum absolute atomic E-state index is 4.64. The summed E-state index contributed by atoms with van der Waals surface area (Å²) in [6.07, 6.45) is 4.50. The molecule has 4 nitrogen and oxygen atoms in total. The predicted octanol–water partition coefficient (Wildman–Crippen LogP) is 3.50. The number of likely N-dealkylation sites (tertiary alicyclic amines) is 1. The highest BCUT2D eigenvalue weighted by molar-refractivity contribution is 5.39. The van der Waals surface area contributed by atoms with Crippen LogP contribution in [-0.4, -0.2) is 40.5 Å². The van der Waals surface area contributed by atoms with Crippen molar-refractivity contribution < 1.29 is 0 Å². The molecule has 2 unspecified atom stereocenters. The van der Waals surface area contributed by atoms with Gasteiger partial charge >= 0.3 is 0 Å². The number of benzene rings is 1. The van der Waals surface area contributed by atoms with Crippen molar-refractivity contribution in [2.75, 3.05) is 24.5 Å². The van der Waals surface area contributed by atoms with Gasteiger partial charge in [0.2, 0.25) is 0 Å². The second kappa shape index (κ2) is 6.75. The first kappa shape index (κ1) is 16.5. The number of anilines is 1.